The van der Waals surface area contributed by atoms with E-state index in [4.69, 9.17) is 4.42 Å². The van der Waals surface area contributed by atoms with Gasteiger partial charge in [-0.15, -0.1) is 0 Å². The Morgan fingerprint density at radius 1 is 1.08 bits per heavy atom. The van der Waals surface area contributed by atoms with Gasteiger partial charge in [0, 0.05) is 24.5 Å². The molecule has 26 heavy (non-hydrogen) atoms. The van der Waals surface area contributed by atoms with Gasteiger partial charge in [0.25, 0.3) is 0 Å². The minimum Gasteiger partial charge on any atom is -0.465 e. The lowest BCUT2D eigenvalue weighted by Crippen LogP contribution is -2.60. The topological polar surface area (TPSA) is 19.6 Å². The van der Waals surface area contributed by atoms with Crippen LogP contribution in [0.4, 0.5) is 8.78 Å². The Morgan fingerprint density at radius 2 is 1.88 bits per heavy atom. The molecule has 0 aliphatic carbocycles. The van der Waals surface area contributed by atoms with Gasteiger partial charge in [-0.1, -0.05) is 12.1 Å². The van der Waals surface area contributed by atoms with E-state index in [9.17, 15) is 8.78 Å². The molecule has 4 aliphatic rings. The van der Waals surface area contributed by atoms with Crippen LogP contribution in [0.2, 0.25) is 0 Å². The Balaban J connectivity index is 1.51. The largest absolute Gasteiger partial charge is 0.465 e. The van der Waals surface area contributed by atoms with E-state index in [1.807, 2.05) is 19.1 Å². The van der Waals surface area contributed by atoms with Crippen molar-refractivity contribution in [2.75, 3.05) is 19.6 Å². The number of nitrogens with zero attached hydrogens (tertiary/aromatic N) is 2. The van der Waals surface area contributed by atoms with Gasteiger partial charge in [0.1, 0.15) is 11.5 Å². The zero-order valence-corrected chi connectivity index (χ0v) is 15.0. The molecule has 1 aromatic carbocycles. The van der Waals surface area contributed by atoms with Crippen molar-refractivity contribution in [2.24, 2.45) is 5.92 Å². The van der Waals surface area contributed by atoms with Crippen molar-refractivity contribution in [3.8, 4) is 0 Å². The lowest BCUT2D eigenvalue weighted by molar-refractivity contribution is -0.0104. The smallest absolute Gasteiger partial charge is 0.162 e. The third-order valence-corrected chi connectivity index (χ3v) is 6.63. The summed E-state index contributed by atoms with van der Waals surface area (Å²) < 4.78 is 34.3. The zero-order chi connectivity index (χ0) is 17.8. The maximum Gasteiger partial charge on any atom is 0.162 e. The van der Waals surface area contributed by atoms with E-state index in [1.54, 1.807) is 12.1 Å². The zero-order valence-electron chi connectivity index (χ0n) is 15.0. The molecule has 5 heterocycles. The standard InChI is InChI=1S/C21H24F2N2O/c1-13-5-6-15(26-13)11-25-12-17(16-3-2-4-18(22)19(16)23)21-20(25)14-7-9-24(21)10-8-14/h2-6,14,17,20-21H,7-12H2,1H3/t17-,20+,21+/m0/s1. The van der Waals surface area contributed by atoms with Gasteiger partial charge < -0.3 is 4.42 Å². The second-order valence-corrected chi connectivity index (χ2v) is 8.05. The summed E-state index contributed by atoms with van der Waals surface area (Å²) in [6.45, 7) is 5.60. The molecule has 6 rings (SSSR count). The summed E-state index contributed by atoms with van der Waals surface area (Å²) in [6.07, 6.45) is 2.40. The summed E-state index contributed by atoms with van der Waals surface area (Å²) in [6, 6.07) is 9.31. The van der Waals surface area contributed by atoms with Crippen LogP contribution < -0.4 is 0 Å². The van der Waals surface area contributed by atoms with E-state index in [0.29, 0.717) is 17.5 Å². The molecule has 0 unspecified atom stereocenters. The SMILES string of the molecule is Cc1ccc(CN2C[C@@H](c3cccc(F)c3F)[C@@H]3[C@H]2C2CCN3CC2)o1. The minimum atomic E-state index is -0.741. The Labute approximate surface area is 152 Å². The number of fused-ring (bicyclic) bond motifs is 2. The molecule has 138 valence electrons. The summed E-state index contributed by atoms with van der Waals surface area (Å²) in [5, 5.41) is 0. The molecule has 2 aromatic rings. The maximum absolute atomic E-state index is 14.6. The van der Waals surface area contributed by atoms with Crippen LogP contribution in [-0.2, 0) is 6.54 Å². The van der Waals surface area contributed by atoms with Gasteiger partial charge in [0.2, 0.25) is 0 Å². The van der Waals surface area contributed by atoms with Gasteiger partial charge in [0.05, 0.1) is 6.54 Å². The van der Waals surface area contributed by atoms with E-state index < -0.39 is 11.6 Å². The first-order valence-corrected chi connectivity index (χ1v) is 9.59. The van der Waals surface area contributed by atoms with Crippen molar-refractivity contribution in [1.82, 2.24) is 9.80 Å². The molecule has 0 N–H and O–H groups in total. The number of piperidine rings is 3. The Hall–Kier alpha value is -1.72. The molecule has 4 saturated heterocycles. The highest BCUT2D eigenvalue weighted by Gasteiger charge is 2.53. The minimum absolute atomic E-state index is 0.00913. The molecule has 3 nitrogen and oxygen atoms in total. The van der Waals surface area contributed by atoms with Crippen LogP contribution in [0.3, 0.4) is 0 Å². The lowest BCUT2D eigenvalue weighted by Gasteiger charge is -2.51. The van der Waals surface area contributed by atoms with Gasteiger partial charge in [0.15, 0.2) is 11.6 Å². The van der Waals surface area contributed by atoms with Gasteiger partial charge in [-0.3, -0.25) is 9.80 Å². The van der Waals surface area contributed by atoms with Crippen LogP contribution >= 0.6 is 0 Å². The van der Waals surface area contributed by atoms with Gasteiger partial charge in [-0.25, -0.2) is 8.78 Å². The quantitative estimate of drug-likeness (QED) is 0.829. The maximum atomic E-state index is 14.6. The van der Waals surface area contributed by atoms with E-state index in [2.05, 4.69) is 9.80 Å². The predicted molar refractivity (Wildman–Crippen MR) is 94.8 cm³/mol. The van der Waals surface area contributed by atoms with Crippen LogP contribution in [0.5, 0.6) is 0 Å². The highest BCUT2D eigenvalue weighted by Crippen LogP contribution is 2.47. The highest BCUT2D eigenvalue weighted by molar-refractivity contribution is 5.29. The summed E-state index contributed by atoms with van der Waals surface area (Å²) >= 11 is 0. The van der Waals surface area contributed by atoms with Crippen molar-refractivity contribution >= 4 is 0 Å². The fraction of sp³-hybridized carbons (Fsp3) is 0.524. The number of hydrogen-bond donors (Lipinski definition) is 0. The van der Waals surface area contributed by atoms with E-state index in [0.717, 1.165) is 37.7 Å². The fourth-order valence-corrected chi connectivity index (χ4v) is 5.57. The highest BCUT2D eigenvalue weighted by atomic mass is 19.2. The lowest BCUT2D eigenvalue weighted by atomic mass is 9.75. The van der Waals surface area contributed by atoms with Gasteiger partial charge in [-0.2, -0.15) is 0 Å². The second-order valence-electron chi connectivity index (χ2n) is 8.05. The first-order chi connectivity index (χ1) is 12.6. The number of likely N-dealkylation sites (tertiary alicyclic amines) is 1. The number of rotatable bonds is 3. The van der Waals surface area contributed by atoms with Crippen LogP contribution in [0.15, 0.2) is 34.7 Å². The third-order valence-electron chi connectivity index (χ3n) is 6.63. The average Bonchev–Trinajstić information content (AvgIpc) is 3.24. The Bertz CT molecular complexity index is 812. The Kier molecular flexibility index (Phi) is 3.90. The van der Waals surface area contributed by atoms with Crippen molar-refractivity contribution in [3.63, 3.8) is 0 Å². The number of halogens is 2. The molecular formula is C21H24F2N2O. The fourth-order valence-electron chi connectivity index (χ4n) is 5.57. The summed E-state index contributed by atoms with van der Waals surface area (Å²) in [5.41, 5.74) is 0.533. The van der Waals surface area contributed by atoms with Crippen LogP contribution in [0.25, 0.3) is 0 Å². The molecule has 4 aliphatic heterocycles. The van der Waals surface area contributed by atoms with Gasteiger partial charge >= 0.3 is 0 Å². The molecule has 0 spiro atoms. The summed E-state index contributed by atoms with van der Waals surface area (Å²) in [4.78, 5) is 4.96. The second kappa shape index (κ2) is 6.17. The molecule has 2 bridgehead atoms. The average molecular weight is 358 g/mol. The number of hydrogen-bond acceptors (Lipinski definition) is 3. The monoisotopic (exact) mass is 358 g/mol. The van der Waals surface area contributed by atoms with Crippen molar-refractivity contribution < 1.29 is 13.2 Å². The molecule has 5 heteroatoms. The third kappa shape index (κ3) is 2.52. The normalized spacial score (nSPS) is 33.6. The molecule has 3 atom stereocenters. The van der Waals surface area contributed by atoms with Crippen LogP contribution in [0, 0.1) is 24.5 Å². The molecule has 1 aromatic heterocycles. The van der Waals surface area contributed by atoms with E-state index in [1.165, 1.54) is 18.9 Å². The predicted octanol–water partition coefficient (Wildman–Crippen LogP) is 3.93. The molecule has 0 amide bonds. The van der Waals surface area contributed by atoms with Crippen LogP contribution in [-0.4, -0.2) is 41.5 Å². The molecule has 4 fully saturated rings. The van der Waals surface area contributed by atoms with Crippen molar-refractivity contribution in [2.45, 2.75) is 44.3 Å². The summed E-state index contributed by atoms with van der Waals surface area (Å²) in [7, 11) is 0. The van der Waals surface area contributed by atoms with E-state index >= 15 is 0 Å². The first kappa shape index (κ1) is 16.5. The number of aryl methyl sites for hydroxylation is 1. The van der Waals surface area contributed by atoms with Crippen molar-refractivity contribution in [3.05, 3.63) is 59.1 Å². The number of furan rings is 1. The van der Waals surface area contributed by atoms with E-state index in [-0.39, 0.29) is 12.0 Å². The Morgan fingerprint density at radius 3 is 2.62 bits per heavy atom. The van der Waals surface area contributed by atoms with Gasteiger partial charge in [-0.05, 0) is 62.5 Å². The summed E-state index contributed by atoms with van der Waals surface area (Å²) in [5.74, 6) is 1.11. The molecule has 0 saturated carbocycles. The first-order valence-electron chi connectivity index (χ1n) is 9.59. The number of benzene rings is 1. The molecule has 0 radical (unpaired) electrons. The molecular weight excluding hydrogens is 334 g/mol. The van der Waals surface area contributed by atoms with Crippen molar-refractivity contribution in [1.29, 1.82) is 0 Å². The van der Waals surface area contributed by atoms with Crippen LogP contribution in [0.1, 0.15) is 35.8 Å².